The van der Waals surface area contributed by atoms with Gasteiger partial charge in [-0.2, -0.15) is 0 Å². The van der Waals surface area contributed by atoms with E-state index < -0.39 is 17.5 Å². The van der Waals surface area contributed by atoms with E-state index in [0.29, 0.717) is 5.56 Å². The molecule has 2 aromatic rings. The highest BCUT2D eigenvalue weighted by Gasteiger charge is 2.35. The maximum atomic E-state index is 12.4. The van der Waals surface area contributed by atoms with E-state index in [0.717, 1.165) is 16.8 Å². The molecule has 0 aromatic heterocycles. The number of carbonyl (C=O) groups is 3. The van der Waals surface area contributed by atoms with Crippen LogP contribution in [0.15, 0.2) is 65.8 Å². The first kappa shape index (κ1) is 16.4. The standard InChI is InChI=1S/C19H15NO5/c1-2-24-19(23)16-17(22)15(25-18(16)20)10-14(21)13-8-7-11-5-3-4-6-12(11)9-13/h3-10H,2,20H2,1H3/b15-10-. The van der Waals surface area contributed by atoms with E-state index in [1.165, 1.54) is 0 Å². The maximum absolute atomic E-state index is 12.4. The Morgan fingerprint density at radius 1 is 1.16 bits per heavy atom. The van der Waals surface area contributed by atoms with Crippen molar-refractivity contribution in [3.8, 4) is 0 Å². The summed E-state index contributed by atoms with van der Waals surface area (Å²) in [5.41, 5.74) is 5.57. The third-order valence-corrected chi connectivity index (χ3v) is 3.69. The highest BCUT2D eigenvalue weighted by Crippen LogP contribution is 2.24. The zero-order chi connectivity index (χ0) is 18.0. The Labute approximate surface area is 143 Å². The molecular formula is C19H15NO5. The summed E-state index contributed by atoms with van der Waals surface area (Å²) in [5, 5.41) is 1.89. The van der Waals surface area contributed by atoms with Gasteiger partial charge < -0.3 is 15.2 Å². The average molecular weight is 337 g/mol. The first-order valence-electron chi connectivity index (χ1n) is 7.65. The van der Waals surface area contributed by atoms with Crippen molar-refractivity contribution in [1.29, 1.82) is 0 Å². The summed E-state index contributed by atoms with van der Waals surface area (Å²) in [6.45, 7) is 1.70. The molecular weight excluding hydrogens is 322 g/mol. The summed E-state index contributed by atoms with van der Waals surface area (Å²) < 4.78 is 9.84. The second-order valence-electron chi connectivity index (χ2n) is 5.33. The molecule has 6 nitrogen and oxygen atoms in total. The topological polar surface area (TPSA) is 95.7 Å². The summed E-state index contributed by atoms with van der Waals surface area (Å²) in [4.78, 5) is 36.4. The van der Waals surface area contributed by atoms with Gasteiger partial charge in [-0.25, -0.2) is 4.79 Å². The number of esters is 1. The van der Waals surface area contributed by atoms with Crippen LogP contribution in [0, 0.1) is 0 Å². The van der Waals surface area contributed by atoms with Crippen molar-refractivity contribution < 1.29 is 23.9 Å². The molecule has 0 bridgehead atoms. The largest absolute Gasteiger partial charge is 0.462 e. The van der Waals surface area contributed by atoms with Gasteiger partial charge in [0.15, 0.2) is 17.1 Å². The van der Waals surface area contributed by atoms with Crippen LogP contribution in [0.5, 0.6) is 0 Å². The third-order valence-electron chi connectivity index (χ3n) is 3.69. The average Bonchev–Trinajstić information content (AvgIpc) is 2.88. The molecule has 6 heteroatoms. The van der Waals surface area contributed by atoms with Gasteiger partial charge >= 0.3 is 5.97 Å². The van der Waals surface area contributed by atoms with Gasteiger partial charge in [0.05, 0.1) is 6.61 Å². The van der Waals surface area contributed by atoms with Gasteiger partial charge in [0.1, 0.15) is 0 Å². The summed E-state index contributed by atoms with van der Waals surface area (Å²) in [7, 11) is 0. The van der Waals surface area contributed by atoms with E-state index in [2.05, 4.69) is 0 Å². The quantitative estimate of drug-likeness (QED) is 0.398. The normalized spacial score (nSPS) is 15.6. The summed E-state index contributed by atoms with van der Waals surface area (Å²) in [6.07, 6.45) is 1.03. The van der Waals surface area contributed by atoms with Crippen LogP contribution in [0.4, 0.5) is 0 Å². The van der Waals surface area contributed by atoms with Crippen molar-refractivity contribution >= 4 is 28.3 Å². The number of Topliss-reactive ketones (excluding diaryl/α,β-unsaturated/α-hetero) is 1. The zero-order valence-electron chi connectivity index (χ0n) is 13.4. The number of hydrogen-bond acceptors (Lipinski definition) is 6. The lowest BCUT2D eigenvalue weighted by Gasteiger charge is -2.02. The van der Waals surface area contributed by atoms with Crippen molar-refractivity contribution in [2.45, 2.75) is 6.92 Å². The number of benzene rings is 2. The van der Waals surface area contributed by atoms with Crippen LogP contribution < -0.4 is 5.73 Å². The van der Waals surface area contributed by atoms with Gasteiger partial charge in [0, 0.05) is 11.6 Å². The van der Waals surface area contributed by atoms with Crippen LogP contribution in [-0.2, 0) is 19.1 Å². The summed E-state index contributed by atoms with van der Waals surface area (Å²) in [6, 6.07) is 12.8. The van der Waals surface area contributed by atoms with E-state index in [4.69, 9.17) is 15.2 Å². The minimum absolute atomic E-state index is 0.0952. The Bertz CT molecular complexity index is 955. The summed E-state index contributed by atoms with van der Waals surface area (Å²) in [5.74, 6) is -2.71. The molecule has 0 amide bonds. The minimum atomic E-state index is -0.869. The molecule has 0 unspecified atom stereocenters. The molecule has 0 spiro atoms. The van der Waals surface area contributed by atoms with Gasteiger partial charge in [-0.15, -0.1) is 0 Å². The molecule has 2 aromatic carbocycles. The van der Waals surface area contributed by atoms with E-state index in [1.54, 1.807) is 19.1 Å². The van der Waals surface area contributed by atoms with E-state index in [-0.39, 0.29) is 23.8 Å². The number of nitrogens with two attached hydrogens (primary N) is 1. The fraction of sp³-hybridized carbons (Fsp3) is 0.105. The lowest BCUT2D eigenvalue weighted by Crippen LogP contribution is -2.16. The Balaban J connectivity index is 1.86. The molecule has 0 radical (unpaired) electrons. The lowest BCUT2D eigenvalue weighted by molar-refractivity contribution is -0.139. The van der Waals surface area contributed by atoms with Crippen LogP contribution in [0.3, 0.4) is 0 Å². The van der Waals surface area contributed by atoms with Gasteiger partial charge in [-0.3, -0.25) is 9.59 Å². The second kappa shape index (κ2) is 6.60. The van der Waals surface area contributed by atoms with Crippen LogP contribution in [0.2, 0.25) is 0 Å². The molecule has 1 aliphatic heterocycles. The molecule has 1 aliphatic rings. The van der Waals surface area contributed by atoms with Gasteiger partial charge in [0.25, 0.3) is 0 Å². The molecule has 2 N–H and O–H groups in total. The lowest BCUT2D eigenvalue weighted by atomic mass is 10.0. The molecule has 126 valence electrons. The predicted molar refractivity (Wildman–Crippen MR) is 90.3 cm³/mol. The fourth-order valence-corrected chi connectivity index (χ4v) is 2.49. The number of allylic oxidation sites excluding steroid dienone is 2. The van der Waals surface area contributed by atoms with E-state index in [9.17, 15) is 14.4 Å². The van der Waals surface area contributed by atoms with Crippen LogP contribution in [0.25, 0.3) is 10.8 Å². The molecule has 0 saturated heterocycles. The molecule has 25 heavy (non-hydrogen) atoms. The predicted octanol–water partition coefficient (Wildman–Crippen LogP) is 2.24. The van der Waals surface area contributed by atoms with Crippen molar-refractivity contribution in [2.24, 2.45) is 5.73 Å². The Hall–Kier alpha value is -3.41. The summed E-state index contributed by atoms with van der Waals surface area (Å²) >= 11 is 0. The third kappa shape index (κ3) is 3.14. The number of ether oxygens (including phenoxy) is 2. The van der Waals surface area contributed by atoms with E-state index in [1.807, 2.05) is 30.3 Å². The highest BCUT2D eigenvalue weighted by molar-refractivity contribution is 6.26. The molecule has 0 saturated carbocycles. The fourth-order valence-electron chi connectivity index (χ4n) is 2.49. The van der Waals surface area contributed by atoms with Gasteiger partial charge in [0.2, 0.25) is 11.7 Å². The first-order valence-corrected chi connectivity index (χ1v) is 7.65. The van der Waals surface area contributed by atoms with E-state index >= 15 is 0 Å². The second-order valence-corrected chi connectivity index (χ2v) is 5.33. The zero-order valence-corrected chi connectivity index (χ0v) is 13.4. The number of rotatable bonds is 4. The first-order chi connectivity index (χ1) is 12.0. The molecule has 0 atom stereocenters. The van der Waals surface area contributed by atoms with Gasteiger partial charge in [-0.1, -0.05) is 36.4 Å². The number of carbonyl (C=O) groups excluding carboxylic acids is 3. The monoisotopic (exact) mass is 337 g/mol. The van der Waals surface area contributed by atoms with Crippen molar-refractivity contribution in [1.82, 2.24) is 0 Å². The number of fused-ring (bicyclic) bond motifs is 1. The Kier molecular flexibility index (Phi) is 4.35. The minimum Gasteiger partial charge on any atom is -0.462 e. The van der Waals surface area contributed by atoms with Gasteiger partial charge in [-0.05, 0) is 23.8 Å². The number of hydrogen-bond donors (Lipinski definition) is 1. The van der Waals surface area contributed by atoms with Crippen molar-refractivity contribution in [2.75, 3.05) is 6.61 Å². The van der Waals surface area contributed by atoms with Crippen molar-refractivity contribution in [3.63, 3.8) is 0 Å². The smallest absolute Gasteiger partial charge is 0.347 e. The molecule has 0 aliphatic carbocycles. The number of ketones is 2. The van der Waals surface area contributed by atoms with Crippen LogP contribution in [0.1, 0.15) is 17.3 Å². The van der Waals surface area contributed by atoms with Crippen molar-refractivity contribution in [3.05, 3.63) is 71.3 Å². The molecule has 1 heterocycles. The van der Waals surface area contributed by atoms with Crippen LogP contribution >= 0.6 is 0 Å². The maximum Gasteiger partial charge on any atom is 0.347 e. The molecule has 3 rings (SSSR count). The molecule has 0 fully saturated rings. The van der Waals surface area contributed by atoms with Crippen LogP contribution in [-0.4, -0.2) is 24.1 Å². The highest BCUT2D eigenvalue weighted by atomic mass is 16.5. The Morgan fingerprint density at radius 3 is 2.60 bits per heavy atom. The SMILES string of the molecule is CCOC(=O)C1=C(N)O/C(=C\C(=O)c2ccc3ccccc3c2)C1=O. The Morgan fingerprint density at radius 2 is 1.88 bits per heavy atom.